The maximum atomic E-state index is 12.6. The highest BCUT2D eigenvalue weighted by Crippen LogP contribution is 2.28. The molecule has 140 valence electrons. The number of anilines is 1. The fourth-order valence-electron chi connectivity index (χ4n) is 2.39. The molecule has 0 aliphatic carbocycles. The van der Waals surface area contributed by atoms with Crippen LogP contribution in [-0.4, -0.2) is 21.9 Å². The van der Waals surface area contributed by atoms with Gasteiger partial charge in [-0.15, -0.1) is 11.8 Å². The van der Waals surface area contributed by atoms with Gasteiger partial charge in [0.15, 0.2) is 5.82 Å². The van der Waals surface area contributed by atoms with E-state index in [0.29, 0.717) is 37.8 Å². The summed E-state index contributed by atoms with van der Waals surface area (Å²) in [6, 6.07) is 10.5. The monoisotopic (exact) mass is 459 g/mol. The molecule has 0 aliphatic heterocycles. The van der Waals surface area contributed by atoms with Gasteiger partial charge in [0.05, 0.1) is 17.1 Å². The Kier molecular flexibility index (Phi) is 6.61. The number of halogens is 4. The Labute approximate surface area is 180 Å². The van der Waals surface area contributed by atoms with E-state index in [0.717, 1.165) is 4.90 Å². The van der Waals surface area contributed by atoms with E-state index in [9.17, 15) is 4.79 Å². The SMILES string of the molecule is CSc1ccc(Cl)c(C(=O)Nc2nn(Cc3c(Cl)cccc3Cl)cc2Cl)c1. The van der Waals surface area contributed by atoms with E-state index >= 15 is 0 Å². The third-order valence-electron chi connectivity index (χ3n) is 3.75. The summed E-state index contributed by atoms with van der Waals surface area (Å²) in [6.45, 7) is 0.316. The maximum absolute atomic E-state index is 12.6. The molecule has 0 saturated heterocycles. The van der Waals surface area contributed by atoms with Crippen molar-refractivity contribution in [2.45, 2.75) is 11.4 Å². The predicted octanol–water partition coefficient (Wildman–Crippen LogP) is 6.52. The highest BCUT2D eigenvalue weighted by molar-refractivity contribution is 7.98. The lowest BCUT2D eigenvalue weighted by Gasteiger charge is -2.08. The molecule has 1 N–H and O–H groups in total. The fraction of sp³-hybridized carbons (Fsp3) is 0.111. The van der Waals surface area contributed by atoms with Gasteiger partial charge in [-0.3, -0.25) is 9.48 Å². The van der Waals surface area contributed by atoms with Gasteiger partial charge in [-0.05, 0) is 36.6 Å². The van der Waals surface area contributed by atoms with E-state index in [4.69, 9.17) is 46.4 Å². The van der Waals surface area contributed by atoms with Crippen molar-refractivity contribution in [3.8, 4) is 0 Å². The summed E-state index contributed by atoms with van der Waals surface area (Å²) >= 11 is 26.3. The lowest BCUT2D eigenvalue weighted by molar-refractivity contribution is 0.102. The summed E-state index contributed by atoms with van der Waals surface area (Å²) < 4.78 is 1.56. The molecule has 1 heterocycles. The summed E-state index contributed by atoms with van der Waals surface area (Å²) in [5.41, 5.74) is 1.07. The Bertz CT molecular complexity index is 986. The summed E-state index contributed by atoms with van der Waals surface area (Å²) in [6.07, 6.45) is 3.51. The highest BCUT2D eigenvalue weighted by Gasteiger charge is 2.16. The number of nitrogens with one attached hydrogen (secondary N) is 1. The number of carbonyl (C=O) groups excluding carboxylic acids is 1. The van der Waals surface area contributed by atoms with Crippen molar-refractivity contribution in [3.05, 3.63) is 73.8 Å². The van der Waals surface area contributed by atoms with Crippen LogP contribution in [0, 0.1) is 0 Å². The van der Waals surface area contributed by atoms with Gasteiger partial charge in [-0.25, -0.2) is 0 Å². The van der Waals surface area contributed by atoms with E-state index in [1.165, 1.54) is 11.8 Å². The second-order valence-corrected chi connectivity index (χ2v) is 8.03. The van der Waals surface area contributed by atoms with Gasteiger partial charge in [0, 0.05) is 26.7 Å². The molecule has 4 nitrogen and oxygen atoms in total. The van der Waals surface area contributed by atoms with E-state index in [2.05, 4.69) is 10.4 Å². The van der Waals surface area contributed by atoms with Crippen molar-refractivity contribution in [2.75, 3.05) is 11.6 Å². The number of hydrogen-bond acceptors (Lipinski definition) is 3. The minimum atomic E-state index is -0.390. The molecular formula is C18H13Cl4N3OS. The third-order valence-corrected chi connectivity index (χ3v) is 5.79. The van der Waals surface area contributed by atoms with E-state index in [1.807, 2.05) is 12.3 Å². The van der Waals surface area contributed by atoms with Crippen LogP contribution < -0.4 is 5.32 Å². The van der Waals surface area contributed by atoms with E-state index in [1.54, 1.807) is 41.2 Å². The average Bonchev–Trinajstić information content (AvgIpc) is 2.98. The lowest BCUT2D eigenvalue weighted by atomic mass is 10.2. The first kappa shape index (κ1) is 20.4. The van der Waals surface area contributed by atoms with Crippen molar-refractivity contribution < 1.29 is 4.79 Å². The van der Waals surface area contributed by atoms with Gasteiger partial charge in [0.2, 0.25) is 0 Å². The van der Waals surface area contributed by atoms with Crippen LogP contribution in [0.15, 0.2) is 47.5 Å². The Morgan fingerprint density at radius 3 is 2.44 bits per heavy atom. The largest absolute Gasteiger partial charge is 0.304 e. The topological polar surface area (TPSA) is 46.9 Å². The minimum Gasteiger partial charge on any atom is -0.304 e. The Balaban J connectivity index is 1.82. The minimum absolute atomic E-state index is 0.232. The zero-order chi connectivity index (χ0) is 19.6. The summed E-state index contributed by atoms with van der Waals surface area (Å²) in [4.78, 5) is 13.5. The molecule has 2 aromatic carbocycles. The number of nitrogens with zero attached hydrogens (tertiary/aromatic N) is 2. The van der Waals surface area contributed by atoms with Gasteiger partial charge < -0.3 is 5.32 Å². The zero-order valence-corrected chi connectivity index (χ0v) is 17.8. The molecule has 0 bridgehead atoms. The highest BCUT2D eigenvalue weighted by atomic mass is 35.5. The van der Waals surface area contributed by atoms with E-state index < -0.39 is 0 Å². The molecule has 27 heavy (non-hydrogen) atoms. The number of amides is 1. The number of carbonyl (C=O) groups is 1. The van der Waals surface area contributed by atoms with Crippen LogP contribution in [0.2, 0.25) is 20.1 Å². The lowest BCUT2D eigenvalue weighted by Crippen LogP contribution is -2.14. The van der Waals surface area contributed by atoms with Crippen molar-refractivity contribution >= 4 is 69.9 Å². The van der Waals surface area contributed by atoms with Gasteiger partial charge in [-0.1, -0.05) is 52.5 Å². The smallest absolute Gasteiger partial charge is 0.258 e. The van der Waals surface area contributed by atoms with Crippen molar-refractivity contribution in [3.63, 3.8) is 0 Å². The van der Waals surface area contributed by atoms with Gasteiger partial charge in [-0.2, -0.15) is 5.10 Å². The van der Waals surface area contributed by atoms with E-state index in [-0.39, 0.29) is 11.7 Å². The van der Waals surface area contributed by atoms with Crippen LogP contribution in [0.3, 0.4) is 0 Å². The maximum Gasteiger partial charge on any atom is 0.258 e. The van der Waals surface area contributed by atoms with Crippen molar-refractivity contribution in [2.24, 2.45) is 0 Å². The summed E-state index contributed by atoms with van der Waals surface area (Å²) in [5, 5.41) is 8.71. The number of aromatic nitrogens is 2. The van der Waals surface area contributed by atoms with Gasteiger partial charge in [0.1, 0.15) is 5.02 Å². The standard InChI is InChI=1S/C18H13Cl4N3OS/c1-27-10-5-6-15(21)11(7-10)18(26)23-17-16(22)9-25(24-17)8-12-13(19)3-2-4-14(12)20/h2-7,9H,8H2,1H3,(H,23,24,26). The number of thioether (sulfide) groups is 1. The first-order valence-corrected chi connectivity index (χ1v) is 10.4. The van der Waals surface area contributed by atoms with Gasteiger partial charge >= 0.3 is 0 Å². The molecule has 0 radical (unpaired) electrons. The first-order valence-electron chi connectivity index (χ1n) is 7.69. The molecule has 0 atom stereocenters. The zero-order valence-electron chi connectivity index (χ0n) is 14.0. The molecule has 0 fully saturated rings. The fourth-order valence-corrected chi connectivity index (χ4v) is 3.75. The molecular weight excluding hydrogens is 448 g/mol. The molecule has 1 aromatic heterocycles. The number of hydrogen-bond donors (Lipinski definition) is 1. The van der Waals surface area contributed by atoms with Crippen LogP contribution in [0.5, 0.6) is 0 Å². The van der Waals surface area contributed by atoms with Crippen LogP contribution in [0.1, 0.15) is 15.9 Å². The summed E-state index contributed by atoms with van der Waals surface area (Å²) in [5.74, 6) is -0.158. The van der Waals surface area contributed by atoms with Gasteiger partial charge in [0.25, 0.3) is 5.91 Å². The van der Waals surface area contributed by atoms with Crippen LogP contribution in [0.25, 0.3) is 0 Å². The molecule has 0 saturated carbocycles. The average molecular weight is 461 g/mol. The molecule has 0 spiro atoms. The van der Waals surface area contributed by atoms with Crippen LogP contribution in [0.4, 0.5) is 5.82 Å². The number of benzene rings is 2. The normalized spacial score (nSPS) is 10.9. The molecule has 0 aliphatic rings. The first-order chi connectivity index (χ1) is 12.9. The Morgan fingerprint density at radius 2 is 1.78 bits per heavy atom. The second-order valence-electron chi connectivity index (χ2n) is 5.52. The Hall–Kier alpha value is -1.37. The molecule has 1 amide bonds. The summed E-state index contributed by atoms with van der Waals surface area (Å²) in [7, 11) is 0. The molecule has 3 rings (SSSR count). The molecule has 9 heteroatoms. The van der Waals surface area contributed by atoms with Crippen molar-refractivity contribution in [1.82, 2.24) is 9.78 Å². The van der Waals surface area contributed by atoms with Crippen LogP contribution in [-0.2, 0) is 6.54 Å². The van der Waals surface area contributed by atoms with Crippen LogP contribution >= 0.6 is 58.2 Å². The third kappa shape index (κ3) is 4.73. The quantitative estimate of drug-likeness (QED) is 0.441. The van der Waals surface area contributed by atoms with Crippen molar-refractivity contribution in [1.29, 1.82) is 0 Å². The second kappa shape index (κ2) is 8.76. The molecule has 3 aromatic rings. The Morgan fingerprint density at radius 1 is 1.07 bits per heavy atom. The predicted molar refractivity (Wildman–Crippen MR) is 114 cm³/mol. The number of rotatable bonds is 5. The molecule has 0 unspecified atom stereocenters.